The number of alkyl halides is 1. The van der Waals surface area contributed by atoms with Crippen LogP contribution in [0.1, 0.15) is 6.92 Å². The number of aromatic nitrogens is 2. The largest absolute Gasteiger partial charge is 0.491 e. The molecule has 4 aromatic rings. The minimum atomic E-state index is -0.508. The van der Waals surface area contributed by atoms with Crippen LogP contribution in [-0.2, 0) is 0 Å². The maximum absolute atomic E-state index is 12.4. The summed E-state index contributed by atoms with van der Waals surface area (Å²) < 4.78 is 19.9. The van der Waals surface area contributed by atoms with Crippen molar-refractivity contribution in [3.8, 4) is 17.0 Å². The van der Waals surface area contributed by atoms with Crippen molar-refractivity contribution in [1.82, 2.24) is 9.38 Å². The zero-order valence-electron chi connectivity index (χ0n) is 14.6. The Kier molecular flexibility index (Phi) is 4.44. The predicted molar refractivity (Wildman–Crippen MR) is 104 cm³/mol. The van der Waals surface area contributed by atoms with Crippen LogP contribution in [0.2, 0.25) is 0 Å². The van der Waals surface area contributed by atoms with Crippen molar-refractivity contribution < 1.29 is 9.13 Å². The van der Waals surface area contributed by atoms with Gasteiger partial charge in [-0.3, -0.25) is 0 Å². The molecule has 2 aromatic heterocycles. The number of rotatable bonds is 6. The first-order valence-corrected chi connectivity index (χ1v) is 8.74. The summed E-state index contributed by atoms with van der Waals surface area (Å²) in [5, 5.41) is 3.30. The quantitative estimate of drug-likeness (QED) is 0.536. The van der Waals surface area contributed by atoms with E-state index in [1.807, 2.05) is 30.5 Å². The highest BCUT2D eigenvalue weighted by Gasteiger charge is 2.11. The number of fused-ring (bicyclic) bond motifs is 3. The van der Waals surface area contributed by atoms with Crippen LogP contribution < -0.4 is 10.1 Å². The summed E-state index contributed by atoms with van der Waals surface area (Å²) in [4.78, 5) is 4.88. The number of halogens is 1. The molecule has 0 aliphatic carbocycles. The summed E-state index contributed by atoms with van der Waals surface area (Å²) in [7, 11) is 0. The van der Waals surface area contributed by atoms with E-state index in [-0.39, 0.29) is 6.61 Å². The van der Waals surface area contributed by atoms with Crippen LogP contribution in [0.3, 0.4) is 0 Å². The molecular formula is C21H20FN3O. The van der Waals surface area contributed by atoms with Gasteiger partial charge in [0.15, 0.2) is 0 Å². The van der Waals surface area contributed by atoms with E-state index in [0.717, 1.165) is 40.0 Å². The van der Waals surface area contributed by atoms with Gasteiger partial charge in [0.2, 0.25) is 0 Å². The minimum Gasteiger partial charge on any atom is -0.491 e. The van der Waals surface area contributed by atoms with Crippen molar-refractivity contribution in [2.75, 3.05) is 25.1 Å². The van der Waals surface area contributed by atoms with Gasteiger partial charge in [0, 0.05) is 30.1 Å². The molecule has 0 saturated heterocycles. The Hall–Kier alpha value is -3.08. The molecule has 0 bridgehead atoms. The topological polar surface area (TPSA) is 38.6 Å². The minimum absolute atomic E-state index is 0.0516. The molecule has 0 atom stereocenters. The molecule has 0 fully saturated rings. The predicted octanol–water partition coefficient (Wildman–Crippen LogP) is 4.93. The van der Waals surface area contributed by atoms with E-state index >= 15 is 0 Å². The Morgan fingerprint density at radius 1 is 1.08 bits per heavy atom. The second kappa shape index (κ2) is 7.04. The lowest BCUT2D eigenvalue weighted by atomic mass is 10.1. The second-order valence-corrected chi connectivity index (χ2v) is 6.02. The van der Waals surface area contributed by atoms with Crippen molar-refractivity contribution in [3.63, 3.8) is 0 Å². The van der Waals surface area contributed by atoms with E-state index in [1.165, 1.54) is 0 Å². The Labute approximate surface area is 151 Å². The second-order valence-electron chi connectivity index (χ2n) is 6.02. The van der Waals surface area contributed by atoms with Gasteiger partial charge in [-0.2, -0.15) is 0 Å². The van der Waals surface area contributed by atoms with E-state index < -0.39 is 6.67 Å². The van der Waals surface area contributed by atoms with Gasteiger partial charge in [-0.05, 0) is 43.3 Å². The van der Waals surface area contributed by atoms with Gasteiger partial charge in [0.05, 0.1) is 22.2 Å². The lowest BCUT2D eigenvalue weighted by molar-refractivity contribution is 0.273. The van der Waals surface area contributed by atoms with Crippen LogP contribution >= 0.6 is 0 Å². The lowest BCUT2D eigenvalue weighted by Crippen LogP contribution is -2.00. The molecule has 5 heteroatoms. The molecule has 0 spiro atoms. The normalized spacial score (nSPS) is 11.2. The molecule has 132 valence electrons. The molecule has 4 nitrogen and oxygen atoms in total. The van der Waals surface area contributed by atoms with Gasteiger partial charge in [0.25, 0.3) is 0 Å². The molecule has 1 N–H and O–H groups in total. The van der Waals surface area contributed by atoms with Crippen LogP contribution in [0.5, 0.6) is 5.75 Å². The summed E-state index contributed by atoms with van der Waals surface area (Å²) in [6, 6.07) is 18.0. The molecule has 4 rings (SSSR count). The van der Waals surface area contributed by atoms with E-state index in [0.29, 0.717) is 5.75 Å². The highest BCUT2D eigenvalue weighted by atomic mass is 19.1. The molecule has 0 amide bonds. The van der Waals surface area contributed by atoms with Gasteiger partial charge in [-0.15, -0.1) is 0 Å². The number of anilines is 1. The fraction of sp³-hybridized carbons (Fsp3) is 0.190. The van der Waals surface area contributed by atoms with Crippen molar-refractivity contribution >= 4 is 22.2 Å². The number of hydrogen-bond donors (Lipinski definition) is 1. The van der Waals surface area contributed by atoms with Crippen LogP contribution in [0, 0.1) is 0 Å². The summed E-state index contributed by atoms with van der Waals surface area (Å²) in [6.07, 6.45) is 2.03. The first kappa shape index (κ1) is 16.4. The average Bonchev–Trinajstić information content (AvgIpc) is 3.16. The smallest absolute Gasteiger partial charge is 0.123 e. The number of ether oxygens (including phenoxy) is 1. The molecule has 0 aliphatic heterocycles. The Bertz CT molecular complexity index is 1040. The highest BCUT2D eigenvalue weighted by molar-refractivity contribution is 5.88. The van der Waals surface area contributed by atoms with Crippen molar-refractivity contribution in [2.24, 2.45) is 0 Å². The summed E-state index contributed by atoms with van der Waals surface area (Å²) in [5.74, 6) is 0.627. The van der Waals surface area contributed by atoms with Crippen molar-refractivity contribution in [3.05, 3.63) is 60.8 Å². The first-order chi connectivity index (χ1) is 12.8. The standard InChI is InChI=1S/C21H20FN3O/c1-2-23-16-7-5-15(6-8-16)21-20-4-3-12-25(20)19-10-9-17(26-13-11-22)14-18(19)24-21/h3-10,12,14,23H,2,11,13H2,1H3. The van der Waals surface area contributed by atoms with E-state index in [1.54, 1.807) is 0 Å². The third-order valence-corrected chi connectivity index (χ3v) is 4.32. The monoisotopic (exact) mass is 349 g/mol. The maximum atomic E-state index is 12.4. The number of nitrogens with zero attached hydrogens (tertiary/aromatic N) is 2. The van der Waals surface area contributed by atoms with Crippen LogP contribution in [0.25, 0.3) is 27.8 Å². The van der Waals surface area contributed by atoms with Gasteiger partial charge in [-0.25, -0.2) is 9.37 Å². The fourth-order valence-corrected chi connectivity index (χ4v) is 3.17. The van der Waals surface area contributed by atoms with Gasteiger partial charge >= 0.3 is 0 Å². The van der Waals surface area contributed by atoms with Gasteiger partial charge in [0.1, 0.15) is 19.0 Å². The molecule has 0 aliphatic rings. The SMILES string of the molecule is CCNc1ccc(-c2nc3cc(OCCF)ccc3n3cccc23)cc1. The van der Waals surface area contributed by atoms with Crippen LogP contribution in [0.4, 0.5) is 10.1 Å². The van der Waals surface area contributed by atoms with E-state index in [2.05, 4.69) is 47.0 Å². The molecule has 26 heavy (non-hydrogen) atoms. The Morgan fingerprint density at radius 3 is 2.69 bits per heavy atom. The third kappa shape index (κ3) is 2.96. The molecule has 2 heterocycles. The summed E-state index contributed by atoms with van der Waals surface area (Å²) >= 11 is 0. The molecule has 0 saturated carbocycles. The number of nitrogens with one attached hydrogen (secondary N) is 1. The van der Waals surface area contributed by atoms with Crippen LogP contribution in [0.15, 0.2) is 60.8 Å². The maximum Gasteiger partial charge on any atom is 0.123 e. The van der Waals surface area contributed by atoms with E-state index in [9.17, 15) is 4.39 Å². The van der Waals surface area contributed by atoms with Crippen molar-refractivity contribution in [1.29, 1.82) is 0 Å². The third-order valence-electron chi connectivity index (χ3n) is 4.32. The first-order valence-electron chi connectivity index (χ1n) is 8.74. The fourth-order valence-electron chi connectivity index (χ4n) is 3.17. The molecular weight excluding hydrogens is 329 g/mol. The van der Waals surface area contributed by atoms with Crippen molar-refractivity contribution in [2.45, 2.75) is 6.92 Å². The van der Waals surface area contributed by atoms with Gasteiger partial charge < -0.3 is 14.5 Å². The zero-order chi connectivity index (χ0) is 17.9. The Balaban J connectivity index is 1.85. The molecule has 0 radical (unpaired) electrons. The van der Waals surface area contributed by atoms with E-state index in [4.69, 9.17) is 9.72 Å². The molecule has 2 aromatic carbocycles. The number of hydrogen-bond acceptors (Lipinski definition) is 3. The zero-order valence-corrected chi connectivity index (χ0v) is 14.6. The Morgan fingerprint density at radius 2 is 1.92 bits per heavy atom. The average molecular weight is 349 g/mol. The van der Waals surface area contributed by atoms with Gasteiger partial charge in [-0.1, -0.05) is 12.1 Å². The summed E-state index contributed by atoms with van der Waals surface area (Å²) in [5.41, 5.74) is 5.90. The van der Waals surface area contributed by atoms with Crippen LogP contribution in [-0.4, -0.2) is 29.2 Å². The molecule has 0 unspecified atom stereocenters. The lowest BCUT2D eigenvalue weighted by Gasteiger charge is -2.11. The highest BCUT2D eigenvalue weighted by Crippen LogP contribution is 2.29. The summed E-state index contributed by atoms with van der Waals surface area (Å²) in [6.45, 7) is 2.51. The number of benzene rings is 2.